The van der Waals surface area contributed by atoms with E-state index in [2.05, 4.69) is 18.4 Å². The molecule has 0 amide bonds. The lowest BCUT2D eigenvalue weighted by atomic mass is 10.1. The molecule has 0 bridgehead atoms. The average molecular weight is 188 g/mol. The Bertz CT molecular complexity index is 377. The maximum absolute atomic E-state index is 9.50. The number of hydrogen-bond donors (Lipinski definition) is 2. The first kappa shape index (κ1) is 10.4. The van der Waals surface area contributed by atoms with E-state index in [1.54, 1.807) is 31.2 Å². The summed E-state index contributed by atoms with van der Waals surface area (Å²) in [6, 6.07) is 6.46. The lowest BCUT2D eigenvalue weighted by Crippen LogP contribution is -2.16. The average Bonchev–Trinajstić information content (AvgIpc) is 2.17. The number of aromatic hydroxyl groups is 1. The molecule has 14 heavy (non-hydrogen) atoms. The number of benzene rings is 1. The smallest absolute Gasteiger partial charge is 0.141 e. The van der Waals surface area contributed by atoms with Crippen molar-refractivity contribution in [2.45, 2.75) is 12.5 Å². The Hall–Kier alpha value is -1.72. The predicted molar refractivity (Wildman–Crippen MR) is 55.8 cm³/mol. The molecule has 0 aliphatic carbocycles. The van der Waals surface area contributed by atoms with Gasteiger partial charge in [0.1, 0.15) is 11.4 Å². The van der Waals surface area contributed by atoms with Crippen LogP contribution in [0.25, 0.3) is 0 Å². The highest BCUT2D eigenvalue weighted by atomic mass is 16.3. The Balaban J connectivity index is 2.88. The predicted octanol–water partition coefficient (Wildman–Crippen LogP) is 1.68. The van der Waals surface area contributed by atoms with E-state index in [0.29, 0.717) is 0 Å². The molecule has 0 heterocycles. The van der Waals surface area contributed by atoms with Crippen LogP contribution in [0.3, 0.4) is 0 Å². The molecule has 1 atom stereocenters. The first-order valence-electron chi connectivity index (χ1n) is 4.22. The number of aliphatic hydroxyl groups is 1. The van der Waals surface area contributed by atoms with Crippen molar-refractivity contribution in [1.82, 2.24) is 0 Å². The second-order valence-electron chi connectivity index (χ2n) is 3.15. The van der Waals surface area contributed by atoms with Crippen LogP contribution in [0.2, 0.25) is 0 Å². The van der Waals surface area contributed by atoms with Gasteiger partial charge in [-0.05, 0) is 37.3 Å². The fourth-order valence-corrected chi connectivity index (χ4v) is 0.794. The minimum Gasteiger partial charge on any atom is -0.508 e. The quantitative estimate of drug-likeness (QED) is 0.520. The van der Waals surface area contributed by atoms with Crippen molar-refractivity contribution in [3.05, 3.63) is 42.5 Å². The molecule has 1 unspecified atom stereocenters. The minimum atomic E-state index is -1.17. The third kappa shape index (κ3) is 2.96. The summed E-state index contributed by atoms with van der Waals surface area (Å²) >= 11 is 0. The van der Waals surface area contributed by atoms with Gasteiger partial charge in [0.25, 0.3) is 0 Å². The number of rotatable bonds is 1. The Labute approximate surface area is 83.5 Å². The van der Waals surface area contributed by atoms with E-state index in [1.807, 2.05) is 0 Å². The van der Waals surface area contributed by atoms with E-state index >= 15 is 0 Å². The van der Waals surface area contributed by atoms with Gasteiger partial charge >= 0.3 is 0 Å². The highest BCUT2D eigenvalue weighted by Gasteiger charge is 2.08. The fourth-order valence-electron chi connectivity index (χ4n) is 0.794. The Morgan fingerprint density at radius 2 is 1.93 bits per heavy atom. The largest absolute Gasteiger partial charge is 0.508 e. The Morgan fingerprint density at radius 3 is 2.43 bits per heavy atom. The summed E-state index contributed by atoms with van der Waals surface area (Å²) in [5.41, 5.74) is -0.428. The van der Waals surface area contributed by atoms with Gasteiger partial charge in [-0.1, -0.05) is 18.4 Å². The molecule has 0 saturated heterocycles. The molecule has 2 N–H and O–H groups in total. The highest BCUT2D eigenvalue weighted by Crippen LogP contribution is 2.09. The van der Waals surface area contributed by atoms with Gasteiger partial charge in [0, 0.05) is 5.56 Å². The summed E-state index contributed by atoms with van der Waals surface area (Å²) in [4.78, 5) is 0. The summed E-state index contributed by atoms with van der Waals surface area (Å²) in [5.74, 6) is 5.63. The second-order valence-corrected chi connectivity index (χ2v) is 3.15. The molecule has 0 spiro atoms. The van der Waals surface area contributed by atoms with Crippen molar-refractivity contribution < 1.29 is 10.2 Å². The van der Waals surface area contributed by atoms with Gasteiger partial charge in [-0.25, -0.2) is 0 Å². The summed E-state index contributed by atoms with van der Waals surface area (Å²) < 4.78 is 0. The molecular weight excluding hydrogens is 176 g/mol. The molecule has 0 saturated carbocycles. The van der Waals surface area contributed by atoms with E-state index in [-0.39, 0.29) is 5.75 Å². The van der Waals surface area contributed by atoms with Crippen LogP contribution >= 0.6 is 0 Å². The Kier molecular flexibility index (Phi) is 2.95. The first-order chi connectivity index (χ1) is 6.53. The topological polar surface area (TPSA) is 40.5 Å². The van der Waals surface area contributed by atoms with E-state index in [4.69, 9.17) is 5.11 Å². The van der Waals surface area contributed by atoms with Crippen molar-refractivity contribution in [2.75, 3.05) is 0 Å². The van der Waals surface area contributed by atoms with E-state index in [9.17, 15) is 5.11 Å². The van der Waals surface area contributed by atoms with Crippen LogP contribution in [-0.2, 0) is 0 Å². The zero-order chi connectivity index (χ0) is 10.6. The third-order valence-corrected chi connectivity index (χ3v) is 1.72. The molecule has 1 aromatic carbocycles. The monoisotopic (exact) mass is 188 g/mol. The summed E-state index contributed by atoms with van der Waals surface area (Å²) in [6.45, 7) is 5.03. The van der Waals surface area contributed by atoms with Crippen molar-refractivity contribution in [3.63, 3.8) is 0 Å². The normalized spacial score (nSPS) is 13.6. The highest BCUT2D eigenvalue weighted by molar-refractivity contribution is 5.39. The number of phenols is 1. The van der Waals surface area contributed by atoms with Crippen molar-refractivity contribution in [2.24, 2.45) is 0 Å². The van der Waals surface area contributed by atoms with Gasteiger partial charge < -0.3 is 10.2 Å². The van der Waals surface area contributed by atoms with Gasteiger partial charge in [0.2, 0.25) is 0 Å². The van der Waals surface area contributed by atoms with Crippen LogP contribution < -0.4 is 0 Å². The lowest BCUT2D eigenvalue weighted by molar-refractivity contribution is 0.175. The Morgan fingerprint density at radius 1 is 1.36 bits per heavy atom. The van der Waals surface area contributed by atoms with Crippen LogP contribution in [-0.4, -0.2) is 15.8 Å². The van der Waals surface area contributed by atoms with Gasteiger partial charge in [0.15, 0.2) is 0 Å². The van der Waals surface area contributed by atoms with Crippen molar-refractivity contribution >= 4 is 0 Å². The third-order valence-electron chi connectivity index (χ3n) is 1.72. The fraction of sp³-hybridized carbons (Fsp3) is 0.167. The molecule has 2 heteroatoms. The SMILES string of the molecule is C=CC(C)(O)C#Cc1ccc(O)cc1. The van der Waals surface area contributed by atoms with E-state index in [0.717, 1.165) is 5.56 Å². The zero-order valence-electron chi connectivity index (χ0n) is 7.99. The van der Waals surface area contributed by atoms with Gasteiger partial charge in [-0.2, -0.15) is 0 Å². The van der Waals surface area contributed by atoms with Crippen LogP contribution in [0.1, 0.15) is 12.5 Å². The molecule has 1 rings (SSSR count). The first-order valence-corrected chi connectivity index (χ1v) is 4.22. The summed E-state index contributed by atoms with van der Waals surface area (Å²) in [7, 11) is 0. The minimum absolute atomic E-state index is 0.200. The van der Waals surface area contributed by atoms with Crippen LogP contribution in [0.5, 0.6) is 5.75 Å². The standard InChI is InChI=1S/C12H12O2/c1-3-12(2,14)9-8-10-4-6-11(13)7-5-10/h3-7,13-14H,1H2,2H3. The van der Waals surface area contributed by atoms with Gasteiger partial charge in [-0.3, -0.25) is 0 Å². The molecule has 0 aliphatic rings. The van der Waals surface area contributed by atoms with Crippen LogP contribution in [0, 0.1) is 11.8 Å². The molecule has 0 fully saturated rings. The molecular formula is C12H12O2. The molecule has 0 aliphatic heterocycles. The van der Waals surface area contributed by atoms with Crippen LogP contribution in [0.15, 0.2) is 36.9 Å². The molecule has 2 nitrogen and oxygen atoms in total. The number of phenolic OH excluding ortho intramolecular Hbond substituents is 1. The summed E-state index contributed by atoms with van der Waals surface area (Å²) in [6.07, 6.45) is 1.38. The van der Waals surface area contributed by atoms with E-state index < -0.39 is 5.60 Å². The molecule has 72 valence electrons. The zero-order valence-corrected chi connectivity index (χ0v) is 7.99. The number of hydrogen-bond acceptors (Lipinski definition) is 2. The lowest BCUT2D eigenvalue weighted by Gasteiger charge is -2.07. The van der Waals surface area contributed by atoms with Gasteiger partial charge in [0.05, 0.1) is 0 Å². The molecule has 0 aromatic heterocycles. The molecule has 0 radical (unpaired) electrons. The van der Waals surface area contributed by atoms with E-state index in [1.165, 1.54) is 6.08 Å². The maximum atomic E-state index is 9.50. The van der Waals surface area contributed by atoms with Crippen molar-refractivity contribution in [3.8, 4) is 17.6 Å². The van der Waals surface area contributed by atoms with Crippen LogP contribution in [0.4, 0.5) is 0 Å². The van der Waals surface area contributed by atoms with Gasteiger partial charge in [-0.15, -0.1) is 0 Å². The maximum Gasteiger partial charge on any atom is 0.141 e. The second kappa shape index (κ2) is 3.99. The summed E-state index contributed by atoms with van der Waals surface area (Å²) in [5, 5.41) is 18.5. The van der Waals surface area contributed by atoms with Crippen molar-refractivity contribution in [1.29, 1.82) is 0 Å². The molecule has 1 aromatic rings.